The number of anilines is 3. The highest BCUT2D eigenvalue weighted by molar-refractivity contribution is 7.99. The molecule has 4 aliphatic heterocycles. The van der Waals surface area contributed by atoms with Crippen LogP contribution in [0.3, 0.4) is 0 Å². The van der Waals surface area contributed by atoms with Gasteiger partial charge in [-0.1, -0.05) is 36.4 Å². The zero-order valence-electron chi connectivity index (χ0n) is 36.4. The van der Waals surface area contributed by atoms with E-state index in [0.717, 1.165) is 52.9 Å². The third kappa shape index (κ3) is 8.37. The first-order valence-electron chi connectivity index (χ1n) is 21.5. The average molecular weight is 879 g/mol. The first kappa shape index (κ1) is 42.8. The minimum atomic E-state index is -0.256. The molecule has 5 aromatic rings. The lowest BCUT2D eigenvalue weighted by Crippen LogP contribution is -2.37. The van der Waals surface area contributed by atoms with Crippen molar-refractivity contribution in [2.24, 2.45) is 4.99 Å². The maximum Gasteiger partial charge on any atom is 0.261 e. The lowest BCUT2D eigenvalue weighted by atomic mass is 9.98. The Kier molecular flexibility index (Phi) is 12.3. The summed E-state index contributed by atoms with van der Waals surface area (Å²) in [5.74, 6) is 1.17. The van der Waals surface area contributed by atoms with E-state index in [1.165, 1.54) is 36.4 Å². The molecule has 0 aromatic heterocycles. The average Bonchev–Trinajstić information content (AvgIpc) is 3.80. The van der Waals surface area contributed by atoms with Crippen molar-refractivity contribution >= 4 is 64.2 Å². The first-order chi connectivity index (χ1) is 31.1. The molecule has 3 amide bonds. The van der Waals surface area contributed by atoms with E-state index >= 15 is 0 Å². The van der Waals surface area contributed by atoms with Crippen LogP contribution in [0.4, 0.5) is 22.7 Å². The molecule has 2 atom stereocenters. The molecular formula is C51H50N4O8S. The molecule has 0 fully saturated rings. The lowest BCUT2D eigenvalue weighted by Gasteiger charge is -2.24. The molecule has 4 aliphatic rings. The Morgan fingerprint density at radius 3 is 2.19 bits per heavy atom. The molecule has 4 heterocycles. The maximum absolute atomic E-state index is 14.1. The van der Waals surface area contributed by atoms with Crippen molar-refractivity contribution < 1.29 is 38.1 Å². The molecule has 64 heavy (non-hydrogen) atoms. The molecule has 328 valence electrons. The van der Waals surface area contributed by atoms with Gasteiger partial charge in [-0.15, -0.1) is 0 Å². The molecule has 0 saturated carbocycles. The number of carbonyl (C=O) groups is 4. The Hall–Kier alpha value is -6.44. The number of thioether (sulfide) groups is 1. The van der Waals surface area contributed by atoms with Gasteiger partial charge in [-0.3, -0.25) is 29.1 Å². The Bertz CT molecular complexity index is 2700. The number of ketones is 1. The van der Waals surface area contributed by atoms with Gasteiger partial charge in [0.2, 0.25) is 5.91 Å². The number of Topliss-reactive ketones (excluding diaryl/α,β-unsaturated/α-hetero) is 1. The van der Waals surface area contributed by atoms with Gasteiger partial charge in [0.05, 0.1) is 49.7 Å². The van der Waals surface area contributed by atoms with Gasteiger partial charge in [0.15, 0.2) is 17.3 Å². The van der Waals surface area contributed by atoms with E-state index in [4.69, 9.17) is 23.9 Å². The van der Waals surface area contributed by atoms with Crippen LogP contribution >= 0.6 is 11.8 Å². The number of rotatable bonds is 15. The zero-order chi connectivity index (χ0) is 44.5. The summed E-state index contributed by atoms with van der Waals surface area (Å²) in [6.07, 6.45) is 6.86. The number of methoxy groups -OCH3 is 2. The number of aliphatic imine (C=N–C) groups is 1. The van der Waals surface area contributed by atoms with Crippen LogP contribution in [0.2, 0.25) is 0 Å². The van der Waals surface area contributed by atoms with Crippen LogP contribution in [-0.2, 0) is 46.8 Å². The summed E-state index contributed by atoms with van der Waals surface area (Å²) in [5.41, 5.74) is 9.49. The van der Waals surface area contributed by atoms with Crippen LogP contribution in [-0.4, -0.2) is 81.2 Å². The molecule has 0 N–H and O–H groups in total. The molecule has 0 spiro atoms. The molecule has 0 bridgehead atoms. The monoisotopic (exact) mass is 878 g/mol. The summed E-state index contributed by atoms with van der Waals surface area (Å²) >= 11 is 1.40. The molecular weight excluding hydrogens is 829 g/mol. The third-order valence-corrected chi connectivity index (χ3v) is 13.0. The fourth-order valence-corrected chi connectivity index (χ4v) is 9.73. The number of hydrogen-bond acceptors (Lipinski definition) is 10. The van der Waals surface area contributed by atoms with Gasteiger partial charge in [0.25, 0.3) is 11.8 Å². The molecule has 13 heteroatoms. The maximum atomic E-state index is 14.1. The van der Waals surface area contributed by atoms with Crippen molar-refractivity contribution in [3.8, 4) is 17.2 Å². The van der Waals surface area contributed by atoms with Crippen molar-refractivity contribution in [1.29, 1.82) is 0 Å². The van der Waals surface area contributed by atoms with Crippen LogP contribution in [0.25, 0.3) is 0 Å². The van der Waals surface area contributed by atoms with Gasteiger partial charge in [0, 0.05) is 54.5 Å². The molecule has 12 nitrogen and oxygen atoms in total. The number of benzene rings is 5. The standard InChI is InChI=1S/C51H50N4O8S/c1-31-17-41-34(13-14-37-21-35-9-5-7-11-44(35)54(37)50(41)58)23-46(31)62-28-32-18-33(20-38(19-32)53(27-40(56)30-64-4)49(57)15-16-60-2)29-63-48-25-43-42(24-47(48)61-3)51(59)55-39(26-52-43)22-36-10-6-8-12-45(36)55/h5-12,17-20,23-26,37,39H,13-16,21-22,27-30H2,1-4H3/t37-,39+/m1/s1. The fourth-order valence-electron chi connectivity index (χ4n) is 9.32. The Morgan fingerprint density at radius 1 is 0.781 bits per heavy atom. The van der Waals surface area contributed by atoms with Crippen LogP contribution < -0.4 is 28.9 Å². The summed E-state index contributed by atoms with van der Waals surface area (Å²) in [6.45, 7) is 2.22. The predicted octanol–water partition coefficient (Wildman–Crippen LogP) is 8.27. The predicted molar refractivity (Wildman–Crippen MR) is 249 cm³/mol. The summed E-state index contributed by atoms with van der Waals surface area (Å²) in [7, 11) is 3.06. The normalized spacial score (nSPS) is 16.8. The van der Waals surface area contributed by atoms with Crippen LogP contribution in [0.15, 0.2) is 96.0 Å². The van der Waals surface area contributed by atoms with E-state index in [1.54, 1.807) is 17.0 Å². The number of aryl methyl sites for hydroxylation is 2. The highest BCUT2D eigenvalue weighted by Crippen LogP contribution is 2.42. The van der Waals surface area contributed by atoms with Gasteiger partial charge in [-0.05, 0) is 114 Å². The summed E-state index contributed by atoms with van der Waals surface area (Å²) in [6, 6.07) is 28.9. The number of para-hydroxylation sites is 2. The second kappa shape index (κ2) is 18.3. The van der Waals surface area contributed by atoms with Crippen LogP contribution in [0, 0.1) is 6.92 Å². The Morgan fingerprint density at radius 2 is 1.47 bits per heavy atom. The number of carbonyl (C=O) groups excluding carboxylic acids is 4. The van der Waals surface area contributed by atoms with Crippen molar-refractivity contribution in [3.05, 3.63) is 136 Å². The van der Waals surface area contributed by atoms with Crippen molar-refractivity contribution in [1.82, 2.24) is 0 Å². The number of nitrogens with zero attached hydrogens (tertiary/aromatic N) is 4. The van der Waals surface area contributed by atoms with Crippen molar-refractivity contribution in [3.63, 3.8) is 0 Å². The van der Waals surface area contributed by atoms with Gasteiger partial charge in [-0.25, -0.2) is 0 Å². The number of ether oxygens (including phenoxy) is 4. The summed E-state index contributed by atoms with van der Waals surface area (Å²) < 4.78 is 24.0. The largest absolute Gasteiger partial charge is 0.493 e. The minimum absolute atomic E-state index is 0.0133. The van der Waals surface area contributed by atoms with Gasteiger partial charge >= 0.3 is 0 Å². The van der Waals surface area contributed by atoms with Gasteiger partial charge < -0.3 is 28.7 Å². The lowest BCUT2D eigenvalue weighted by molar-refractivity contribution is -0.122. The van der Waals surface area contributed by atoms with E-state index in [1.807, 2.05) is 97.1 Å². The Balaban J connectivity index is 1.01. The van der Waals surface area contributed by atoms with Crippen molar-refractivity contribution in [2.75, 3.05) is 54.1 Å². The SMILES string of the molecule is COCCC(=O)N(CC(=O)CSC)c1cc(COc2cc3c(cc2C)C(=O)N2c4ccccc4C[C@H]2CC3)cc(COc2cc3c(cc2OC)C(=O)N2c4ccccc4C[C@H]2C=N3)c1. The minimum Gasteiger partial charge on any atom is -0.493 e. The molecule has 0 unspecified atom stereocenters. The third-order valence-electron chi connectivity index (χ3n) is 12.4. The smallest absolute Gasteiger partial charge is 0.261 e. The molecule has 0 saturated heterocycles. The molecule has 0 radical (unpaired) electrons. The van der Waals surface area contributed by atoms with Gasteiger partial charge in [-0.2, -0.15) is 11.8 Å². The molecule has 5 aromatic carbocycles. The molecule has 9 rings (SSSR count). The zero-order valence-corrected chi connectivity index (χ0v) is 37.2. The van der Waals surface area contributed by atoms with Crippen LogP contribution in [0.1, 0.15) is 66.9 Å². The number of amides is 3. The van der Waals surface area contributed by atoms with Crippen molar-refractivity contribution in [2.45, 2.75) is 64.3 Å². The van der Waals surface area contributed by atoms with E-state index in [-0.39, 0.29) is 74.1 Å². The molecule has 0 aliphatic carbocycles. The van der Waals surface area contributed by atoms with E-state index in [9.17, 15) is 19.2 Å². The highest BCUT2D eigenvalue weighted by Gasteiger charge is 2.38. The summed E-state index contributed by atoms with van der Waals surface area (Å²) in [5, 5.41) is 0. The Labute approximate surface area is 377 Å². The van der Waals surface area contributed by atoms with E-state index in [0.29, 0.717) is 51.7 Å². The quantitative estimate of drug-likeness (QED) is 0.102. The topological polar surface area (TPSA) is 127 Å². The number of fused-ring (bicyclic) bond motifs is 8. The fraction of sp³-hybridized carbons (Fsp3) is 0.314. The van der Waals surface area contributed by atoms with E-state index in [2.05, 4.69) is 6.07 Å². The number of hydrogen-bond donors (Lipinski definition) is 0. The van der Waals surface area contributed by atoms with Gasteiger partial charge in [0.1, 0.15) is 19.0 Å². The highest BCUT2D eigenvalue weighted by atomic mass is 32.2. The second-order valence-electron chi connectivity index (χ2n) is 16.6. The van der Waals surface area contributed by atoms with E-state index < -0.39 is 0 Å². The first-order valence-corrected chi connectivity index (χ1v) is 22.9. The van der Waals surface area contributed by atoms with Crippen LogP contribution in [0.5, 0.6) is 17.2 Å². The second-order valence-corrected chi connectivity index (χ2v) is 17.5. The summed E-state index contributed by atoms with van der Waals surface area (Å²) in [4.78, 5) is 65.0.